The SMILES string of the molecule is CCNc1c(COC(C)CC)cccc1[N+](=O)[O-]. The lowest BCUT2D eigenvalue weighted by atomic mass is 10.1. The quantitative estimate of drug-likeness (QED) is 0.597. The molecule has 1 atom stereocenters. The summed E-state index contributed by atoms with van der Waals surface area (Å²) < 4.78 is 5.64. The minimum absolute atomic E-state index is 0.0992. The van der Waals surface area contributed by atoms with E-state index in [1.165, 1.54) is 6.07 Å². The fourth-order valence-electron chi connectivity index (χ4n) is 1.59. The molecule has 1 aromatic carbocycles. The molecule has 0 spiro atoms. The molecule has 5 nitrogen and oxygen atoms in total. The third-order valence-electron chi connectivity index (χ3n) is 2.78. The highest BCUT2D eigenvalue weighted by molar-refractivity contribution is 5.66. The number of para-hydroxylation sites is 1. The third-order valence-corrected chi connectivity index (χ3v) is 2.78. The van der Waals surface area contributed by atoms with Gasteiger partial charge in [0.25, 0.3) is 5.69 Å². The van der Waals surface area contributed by atoms with Gasteiger partial charge in [0, 0.05) is 18.2 Å². The number of rotatable bonds is 7. The average molecular weight is 252 g/mol. The largest absolute Gasteiger partial charge is 0.379 e. The molecular weight excluding hydrogens is 232 g/mol. The number of nitro benzene ring substituents is 1. The van der Waals surface area contributed by atoms with E-state index in [1.807, 2.05) is 26.8 Å². The molecule has 1 rings (SSSR count). The summed E-state index contributed by atoms with van der Waals surface area (Å²) in [6.45, 7) is 6.98. The number of anilines is 1. The van der Waals surface area contributed by atoms with E-state index in [9.17, 15) is 10.1 Å². The summed E-state index contributed by atoms with van der Waals surface area (Å²) in [5, 5.41) is 14.0. The second-order valence-electron chi connectivity index (χ2n) is 4.13. The zero-order chi connectivity index (χ0) is 13.5. The number of benzene rings is 1. The summed E-state index contributed by atoms with van der Waals surface area (Å²) in [5.41, 5.74) is 1.49. The predicted molar refractivity (Wildman–Crippen MR) is 71.8 cm³/mol. The smallest absolute Gasteiger partial charge is 0.292 e. The Morgan fingerprint density at radius 2 is 2.17 bits per heavy atom. The van der Waals surface area contributed by atoms with Crippen LogP contribution in [0.1, 0.15) is 32.8 Å². The molecule has 0 saturated heterocycles. The van der Waals surface area contributed by atoms with Crippen LogP contribution in [0.25, 0.3) is 0 Å². The second-order valence-corrected chi connectivity index (χ2v) is 4.13. The van der Waals surface area contributed by atoms with Gasteiger partial charge in [0.1, 0.15) is 5.69 Å². The van der Waals surface area contributed by atoms with E-state index in [-0.39, 0.29) is 16.7 Å². The Kier molecular flexibility index (Phi) is 5.58. The van der Waals surface area contributed by atoms with Crippen LogP contribution in [-0.4, -0.2) is 17.6 Å². The van der Waals surface area contributed by atoms with Crippen LogP contribution in [0.15, 0.2) is 18.2 Å². The zero-order valence-corrected chi connectivity index (χ0v) is 11.1. The first kappa shape index (κ1) is 14.4. The molecule has 0 aromatic heterocycles. The van der Waals surface area contributed by atoms with Gasteiger partial charge in [-0.25, -0.2) is 0 Å². The van der Waals surface area contributed by atoms with Gasteiger partial charge in [-0.05, 0) is 20.3 Å². The third kappa shape index (κ3) is 3.70. The van der Waals surface area contributed by atoms with Crippen molar-refractivity contribution in [2.45, 2.75) is 39.9 Å². The molecule has 0 aliphatic carbocycles. The Balaban J connectivity index is 2.95. The van der Waals surface area contributed by atoms with Gasteiger partial charge in [0.2, 0.25) is 0 Å². The topological polar surface area (TPSA) is 64.4 Å². The summed E-state index contributed by atoms with van der Waals surface area (Å²) in [6.07, 6.45) is 1.07. The van der Waals surface area contributed by atoms with Crippen molar-refractivity contribution < 1.29 is 9.66 Å². The van der Waals surface area contributed by atoms with Crippen LogP contribution in [0.4, 0.5) is 11.4 Å². The van der Waals surface area contributed by atoms with Gasteiger partial charge in [-0.2, -0.15) is 0 Å². The average Bonchev–Trinajstić information content (AvgIpc) is 2.36. The van der Waals surface area contributed by atoms with Crippen molar-refractivity contribution in [1.82, 2.24) is 0 Å². The van der Waals surface area contributed by atoms with Gasteiger partial charge < -0.3 is 10.1 Å². The maximum Gasteiger partial charge on any atom is 0.292 e. The van der Waals surface area contributed by atoms with Crippen molar-refractivity contribution in [2.75, 3.05) is 11.9 Å². The maximum atomic E-state index is 11.0. The molecule has 0 fully saturated rings. The summed E-state index contributed by atoms with van der Waals surface area (Å²) in [4.78, 5) is 10.6. The van der Waals surface area contributed by atoms with Gasteiger partial charge in [-0.1, -0.05) is 19.1 Å². The summed E-state index contributed by atoms with van der Waals surface area (Å²) in [6, 6.07) is 5.05. The van der Waals surface area contributed by atoms with Crippen LogP contribution in [0.2, 0.25) is 0 Å². The first-order valence-corrected chi connectivity index (χ1v) is 6.21. The van der Waals surface area contributed by atoms with Crippen LogP contribution < -0.4 is 5.32 Å². The molecule has 1 unspecified atom stereocenters. The van der Waals surface area contributed by atoms with Crippen molar-refractivity contribution >= 4 is 11.4 Å². The molecule has 0 saturated carbocycles. The number of nitro groups is 1. The van der Waals surface area contributed by atoms with Crippen molar-refractivity contribution in [3.05, 3.63) is 33.9 Å². The Morgan fingerprint density at radius 1 is 1.44 bits per heavy atom. The molecule has 0 aliphatic rings. The normalized spacial score (nSPS) is 12.2. The summed E-state index contributed by atoms with van der Waals surface area (Å²) in [7, 11) is 0. The Morgan fingerprint density at radius 3 is 2.72 bits per heavy atom. The lowest BCUT2D eigenvalue weighted by Gasteiger charge is -2.14. The molecule has 0 amide bonds. The van der Waals surface area contributed by atoms with Gasteiger partial charge in [-0.15, -0.1) is 0 Å². The highest BCUT2D eigenvalue weighted by Crippen LogP contribution is 2.28. The molecule has 1 aromatic rings. The summed E-state index contributed by atoms with van der Waals surface area (Å²) >= 11 is 0. The van der Waals surface area contributed by atoms with Gasteiger partial charge in [-0.3, -0.25) is 10.1 Å². The first-order valence-electron chi connectivity index (χ1n) is 6.21. The first-order chi connectivity index (χ1) is 8.60. The van der Waals surface area contributed by atoms with E-state index in [0.29, 0.717) is 18.8 Å². The van der Waals surface area contributed by atoms with Crippen LogP contribution >= 0.6 is 0 Å². The van der Waals surface area contributed by atoms with Crippen LogP contribution in [-0.2, 0) is 11.3 Å². The van der Waals surface area contributed by atoms with E-state index in [2.05, 4.69) is 5.32 Å². The number of nitrogens with one attached hydrogen (secondary N) is 1. The highest BCUT2D eigenvalue weighted by atomic mass is 16.6. The standard InChI is InChI=1S/C13H20N2O3/c1-4-10(3)18-9-11-7-6-8-12(15(16)17)13(11)14-5-2/h6-8,10,14H,4-5,9H2,1-3H3. The monoisotopic (exact) mass is 252 g/mol. The Hall–Kier alpha value is -1.62. The van der Waals surface area contributed by atoms with Crippen LogP contribution in [0.3, 0.4) is 0 Å². The van der Waals surface area contributed by atoms with E-state index < -0.39 is 0 Å². The van der Waals surface area contributed by atoms with Crippen LogP contribution in [0.5, 0.6) is 0 Å². The number of hydrogen-bond donors (Lipinski definition) is 1. The molecule has 0 heterocycles. The molecule has 0 radical (unpaired) electrons. The van der Waals surface area contributed by atoms with Crippen molar-refractivity contribution in [2.24, 2.45) is 0 Å². The molecule has 100 valence electrons. The lowest BCUT2D eigenvalue weighted by Crippen LogP contribution is -2.09. The number of hydrogen-bond acceptors (Lipinski definition) is 4. The maximum absolute atomic E-state index is 11.0. The molecule has 0 aliphatic heterocycles. The van der Waals surface area contributed by atoms with Crippen molar-refractivity contribution in [3.8, 4) is 0 Å². The minimum Gasteiger partial charge on any atom is -0.379 e. The van der Waals surface area contributed by atoms with E-state index >= 15 is 0 Å². The minimum atomic E-state index is -0.370. The van der Waals surface area contributed by atoms with E-state index in [0.717, 1.165) is 12.0 Å². The Bertz CT molecular complexity index is 407. The molecule has 1 N–H and O–H groups in total. The van der Waals surface area contributed by atoms with Crippen LogP contribution in [0, 0.1) is 10.1 Å². The van der Waals surface area contributed by atoms with Crippen molar-refractivity contribution in [1.29, 1.82) is 0 Å². The Labute approximate surface area is 107 Å². The highest BCUT2D eigenvalue weighted by Gasteiger charge is 2.17. The van der Waals surface area contributed by atoms with Gasteiger partial charge in [0.05, 0.1) is 17.6 Å². The fourth-order valence-corrected chi connectivity index (χ4v) is 1.59. The molecule has 18 heavy (non-hydrogen) atoms. The molecule has 0 bridgehead atoms. The predicted octanol–water partition coefficient (Wildman–Crippen LogP) is 3.34. The lowest BCUT2D eigenvalue weighted by molar-refractivity contribution is -0.384. The van der Waals surface area contributed by atoms with E-state index in [4.69, 9.17) is 4.74 Å². The van der Waals surface area contributed by atoms with Crippen molar-refractivity contribution in [3.63, 3.8) is 0 Å². The second kappa shape index (κ2) is 6.96. The van der Waals surface area contributed by atoms with Gasteiger partial charge >= 0.3 is 0 Å². The number of ether oxygens (including phenoxy) is 1. The molecule has 5 heteroatoms. The van der Waals surface area contributed by atoms with Gasteiger partial charge in [0.15, 0.2) is 0 Å². The van der Waals surface area contributed by atoms with E-state index in [1.54, 1.807) is 6.07 Å². The number of nitrogens with zero attached hydrogens (tertiary/aromatic N) is 1. The molecular formula is C13H20N2O3. The zero-order valence-electron chi connectivity index (χ0n) is 11.1. The summed E-state index contributed by atoms with van der Waals surface area (Å²) in [5.74, 6) is 0. The fraction of sp³-hybridized carbons (Fsp3) is 0.538.